The molecule has 1 aliphatic heterocycles. The number of rotatable bonds is 5. The van der Waals surface area contributed by atoms with Crippen molar-refractivity contribution in [3.63, 3.8) is 0 Å². The molecular weight excluding hydrogens is 376 g/mol. The van der Waals surface area contributed by atoms with Crippen LogP contribution in [0.25, 0.3) is 0 Å². The highest BCUT2D eigenvalue weighted by atomic mass is 32.2. The number of aryl methyl sites for hydroxylation is 2. The quantitative estimate of drug-likeness (QED) is 0.710. The number of sulfonamides is 1. The van der Waals surface area contributed by atoms with Gasteiger partial charge in [0.25, 0.3) is 10.0 Å². The van der Waals surface area contributed by atoms with Crippen LogP contribution in [-0.4, -0.2) is 38.8 Å². The second kappa shape index (κ2) is 7.33. The fourth-order valence-electron chi connectivity index (χ4n) is 3.41. The van der Waals surface area contributed by atoms with Crippen LogP contribution in [-0.2, 0) is 17.1 Å². The van der Waals surface area contributed by atoms with Crippen molar-refractivity contribution in [1.29, 1.82) is 0 Å². The number of hydrogen-bond acceptors (Lipinski definition) is 6. The van der Waals surface area contributed by atoms with Crippen molar-refractivity contribution < 1.29 is 8.42 Å². The molecule has 0 bridgehead atoms. The van der Waals surface area contributed by atoms with Gasteiger partial charge in [0.1, 0.15) is 11.6 Å². The third-order valence-corrected chi connectivity index (χ3v) is 6.62. The lowest BCUT2D eigenvalue weighted by Crippen LogP contribution is -2.31. The second-order valence-electron chi connectivity index (χ2n) is 6.89. The Hall–Kier alpha value is -2.78. The first-order chi connectivity index (χ1) is 13.4. The molecule has 4 rings (SSSR count). The highest BCUT2D eigenvalue weighted by molar-refractivity contribution is 7.89. The number of imidazole rings is 1. The van der Waals surface area contributed by atoms with Gasteiger partial charge in [0.15, 0.2) is 5.03 Å². The number of nitrogens with one attached hydrogen (secondary N) is 1. The van der Waals surface area contributed by atoms with E-state index in [-0.39, 0.29) is 11.1 Å². The van der Waals surface area contributed by atoms with Crippen molar-refractivity contribution in [1.82, 2.24) is 23.8 Å². The first-order valence-electron chi connectivity index (χ1n) is 9.10. The summed E-state index contributed by atoms with van der Waals surface area (Å²) >= 11 is 0. The smallest absolute Gasteiger partial charge is 0.262 e. The summed E-state index contributed by atoms with van der Waals surface area (Å²) in [5.74, 6) is 1.37. The first kappa shape index (κ1) is 18.6. The van der Waals surface area contributed by atoms with Crippen LogP contribution in [0.4, 0.5) is 11.6 Å². The number of hydrogen-bond donors (Lipinski definition) is 1. The van der Waals surface area contributed by atoms with Crippen molar-refractivity contribution >= 4 is 21.7 Å². The average molecular weight is 398 g/mol. The van der Waals surface area contributed by atoms with E-state index in [1.54, 1.807) is 17.8 Å². The molecule has 0 aromatic carbocycles. The van der Waals surface area contributed by atoms with Crippen molar-refractivity contribution in [2.45, 2.75) is 30.8 Å². The van der Waals surface area contributed by atoms with Gasteiger partial charge in [-0.05, 0) is 43.5 Å². The second-order valence-corrected chi connectivity index (χ2v) is 8.73. The molecule has 28 heavy (non-hydrogen) atoms. The monoisotopic (exact) mass is 398 g/mol. The maximum atomic E-state index is 13.0. The van der Waals surface area contributed by atoms with Crippen LogP contribution in [0.2, 0.25) is 0 Å². The zero-order valence-corrected chi connectivity index (χ0v) is 16.6. The van der Waals surface area contributed by atoms with Crippen LogP contribution in [0.5, 0.6) is 0 Å². The Labute approximate surface area is 164 Å². The lowest BCUT2D eigenvalue weighted by molar-refractivity contribution is 0.389. The third-order valence-electron chi connectivity index (χ3n) is 4.83. The standard InChI is InChI=1S/C19H22N6O2S/c1-14-6-4-10-20-19(14)23-17-9-3-7-15(22-17)16-8-5-11-25(16)28(26,27)18-12-24(2)13-21-18/h3-4,6-7,9-10,12-13,16H,5,8,11H2,1-2H3,(H,20,22,23)/t16-/m1/s1. The lowest BCUT2D eigenvalue weighted by Gasteiger charge is -2.23. The van der Waals surface area contributed by atoms with E-state index in [1.165, 1.54) is 16.8 Å². The van der Waals surface area contributed by atoms with Gasteiger partial charge in [-0.1, -0.05) is 12.1 Å². The number of aromatic nitrogens is 4. The Morgan fingerprint density at radius 2 is 2.04 bits per heavy atom. The summed E-state index contributed by atoms with van der Waals surface area (Å²) in [5.41, 5.74) is 1.73. The molecule has 1 N–H and O–H groups in total. The SMILES string of the molecule is Cc1cccnc1Nc1cccc([C@H]2CCCN2S(=O)(=O)c2cn(C)cn2)n1. The maximum absolute atomic E-state index is 13.0. The van der Waals surface area contributed by atoms with Gasteiger partial charge in [-0.3, -0.25) is 0 Å². The molecule has 3 aromatic heterocycles. The molecular formula is C19H22N6O2S. The lowest BCUT2D eigenvalue weighted by atomic mass is 10.1. The minimum atomic E-state index is -3.67. The molecule has 0 unspecified atom stereocenters. The summed E-state index contributed by atoms with van der Waals surface area (Å²) in [4.78, 5) is 13.0. The van der Waals surface area contributed by atoms with Crippen LogP contribution >= 0.6 is 0 Å². The van der Waals surface area contributed by atoms with E-state index in [9.17, 15) is 8.42 Å². The number of pyridine rings is 2. The Morgan fingerprint density at radius 1 is 1.18 bits per heavy atom. The molecule has 8 nitrogen and oxygen atoms in total. The molecule has 0 aliphatic carbocycles. The molecule has 0 radical (unpaired) electrons. The molecule has 9 heteroatoms. The molecule has 1 atom stereocenters. The molecule has 4 heterocycles. The van der Waals surface area contributed by atoms with E-state index < -0.39 is 10.0 Å². The predicted octanol–water partition coefficient (Wildman–Crippen LogP) is 2.79. The van der Waals surface area contributed by atoms with Crippen molar-refractivity contribution in [2.24, 2.45) is 7.05 Å². The zero-order chi connectivity index (χ0) is 19.7. The van der Waals surface area contributed by atoms with E-state index in [2.05, 4.69) is 20.3 Å². The average Bonchev–Trinajstić information content (AvgIpc) is 3.34. The van der Waals surface area contributed by atoms with Crippen LogP contribution in [0.1, 0.15) is 30.1 Å². The molecule has 146 valence electrons. The molecule has 3 aromatic rings. The van der Waals surface area contributed by atoms with Gasteiger partial charge in [-0.15, -0.1) is 0 Å². The molecule has 0 spiro atoms. The predicted molar refractivity (Wildman–Crippen MR) is 106 cm³/mol. The van der Waals surface area contributed by atoms with E-state index >= 15 is 0 Å². The summed E-state index contributed by atoms with van der Waals surface area (Å²) in [6.07, 6.45) is 6.26. The summed E-state index contributed by atoms with van der Waals surface area (Å²) < 4.78 is 29.2. The molecule has 1 saturated heterocycles. The van der Waals surface area contributed by atoms with Gasteiger partial charge in [0, 0.05) is 26.0 Å². The fourth-order valence-corrected chi connectivity index (χ4v) is 5.05. The molecule has 1 aliphatic rings. The van der Waals surface area contributed by atoms with Gasteiger partial charge >= 0.3 is 0 Å². The highest BCUT2D eigenvalue weighted by Crippen LogP contribution is 2.35. The van der Waals surface area contributed by atoms with Crippen molar-refractivity contribution in [2.75, 3.05) is 11.9 Å². The summed E-state index contributed by atoms with van der Waals surface area (Å²) in [6.45, 7) is 2.43. The van der Waals surface area contributed by atoms with Gasteiger partial charge in [-0.25, -0.2) is 23.4 Å². The van der Waals surface area contributed by atoms with Crippen molar-refractivity contribution in [3.05, 3.63) is 60.3 Å². The molecule has 0 saturated carbocycles. The minimum Gasteiger partial charge on any atom is -0.339 e. The molecule has 0 amide bonds. The number of anilines is 2. The summed E-state index contributed by atoms with van der Waals surface area (Å²) in [5, 5.41) is 3.29. The van der Waals surface area contributed by atoms with E-state index in [4.69, 9.17) is 0 Å². The van der Waals surface area contributed by atoms with Crippen molar-refractivity contribution in [3.8, 4) is 0 Å². The summed E-state index contributed by atoms with van der Waals surface area (Å²) in [6, 6.07) is 9.14. The highest BCUT2D eigenvalue weighted by Gasteiger charge is 2.38. The van der Waals surface area contributed by atoms with E-state index in [1.807, 2.05) is 37.3 Å². The van der Waals surface area contributed by atoms with Crippen LogP contribution in [0, 0.1) is 6.92 Å². The fraction of sp³-hybridized carbons (Fsp3) is 0.316. The van der Waals surface area contributed by atoms with Crippen LogP contribution in [0.15, 0.2) is 54.1 Å². The topological polar surface area (TPSA) is 93.0 Å². The van der Waals surface area contributed by atoms with Gasteiger partial charge in [0.2, 0.25) is 0 Å². The van der Waals surface area contributed by atoms with E-state index in [0.717, 1.165) is 29.9 Å². The van der Waals surface area contributed by atoms with Gasteiger partial charge < -0.3 is 9.88 Å². The Kier molecular flexibility index (Phi) is 4.86. The maximum Gasteiger partial charge on any atom is 0.262 e. The normalized spacial score (nSPS) is 17.7. The first-order valence-corrected chi connectivity index (χ1v) is 10.5. The molecule has 1 fully saturated rings. The zero-order valence-electron chi connectivity index (χ0n) is 15.8. The minimum absolute atomic E-state index is 0.0697. The largest absolute Gasteiger partial charge is 0.339 e. The Balaban J connectivity index is 1.62. The summed E-state index contributed by atoms with van der Waals surface area (Å²) in [7, 11) is -1.91. The van der Waals surface area contributed by atoms with Crippen LogP contribution < -0.4 is 5.32 Å². The van der Waals surface area contributed by atoms with Gasteiger partial charge in [0.05, 0.1) is 18.1 Å². The number of nitrogens with zero attached hydrogens (tertiary/aromatic N) is 5. The Bertz CT molecular complexity index is 1100. The third kappa shape index (κ3) is 3.50. The van der Waals surface area contributed by atoms with E-state index in [0.29, 0.717) is 12.4 Å². The van der Waals surface area contributed by atoms with Gasteiger partial charge in [-0.2, -0.15) is 4.31 Å². The Morgan fingerprint density at radius 3 is 2.79 bits per heavy atom. The van der Waals surface area contributed by atoms with Crippen LogP contribution in [0.3, 0.4) is 0 Å².